The second-order valence-corrected chi connectivity index (χ2v) is 4.97. The summed E-state index contributed by atoms with van der Waals surface area (Å²) < 4.78 is 11.8. The molecular weight excluding hydrogens is 296 g/mol. The fraction of sp³-hybridized carbons (Fsp3) is 0.133. The molecule has 0 bridgehead atoms. The summed E-state index contributed by atoms with van der Waals surface area (Å²) in [7, 11) is 0. The van der Waals surface area contributed by atoms with E-state index in [2.05, 4.69) is 25.7 Å². The SMILES string of the molecule is c1nc2nc(NCc3ccoc3)cc(NCc3ccoc3)n2n1. The van der Waals surface area contributed by atoms with E-state index >= 15 is 0 Å². The van der Waals surface area contributed by atoms with Gasteiger partial charge in [-0.3, -0.25) is 0 Å². The molecule has 4 rings (SSSR count). The first-order valence-corrected chi connectivity index (χ1v) is 7.09. The molecule has 0 fully saturated rings. The van der Waals surface area contributed by atoms with Crippen molar-refractivity contribution in [1.29, 1.82) is 0 Å². The van der Waals surface area contributed by atoms with Gasteiger partial charge in [-0.05, 0) is 12.1 Å². The maximum Gasteiger partial charge on any atom is 0.256 e. The lowest BCUT2D eigenvalue weighted by atomic mass is 10.3. The molecule has 8 heteroatoms. The normalized spacial score (nSPS) is 11.0. The van der Waals surface area contributed by atoms with Gasteiger partial charge >= 0.3 is 0 Å². The summed E-state index contributed by atoms with van der Waals surface area (Å²) in [6.45, 7) is 1.24. The van der Waals surface area contributed by atoms with Gasteiger partial charge < -0.3 is 19.5 Å². The van der Waals surface area contributed by atoms with Crippen molar-refractivity contribution >= 4 is 17.4 Å². The Morgan fingerprint density at radius 1 is 1.00 bits per heavy atom. The van der Waals surface area contributed by atoms with Gasteiger partial charge in [0.25, 0.3) is 5.78 Å². The Kier molecular flexibility index (Phi) is 3.39. The third-order valence-corrected chi connectivity index (χ3v) is 3.36. The van der Waals surface area contributed by atoms with E-state index in [1.807, 2.05) is 18.2 Å². The van der Waals surface area contributed by atoms with Gasteiger partial charge in [0.05, 0.1) is 25.1 Å². The molecule has 0 aliphatic carbocycles. The first kappa shape index (κ1) is 13.4. The number of fused-ring (bicyclic) bond motifs is 1. The second-order valence-electron chi connectivity index (χ2n) is 4.97. The van der Waals surface area contributed by atoms with Gasteiger partial charge in [0.2, 0.25) is 0 Å². The number of rotatable bonds is 6. The van der Waals surface area contributed by atoms with Crippen LogP contribution < -0.4 is 10.6 Å². The quantitative estimate of drug-likeness (QED) is 0.565. The Balaban J connectivity index is 1.56. The van der Waals surface area contributed by atoms with Crippen molar-refractivity contribution < 1.29 is 8.83 Å². The first-order chi connectivity index (χ1) is 11.4. The fourth-order valence-electron chi connectivity index (χ4n) is 2.20. The fourth-order valence-corrected chi connectivity index (χ4v) is 2.20. The van der Waals surface area contributed by atoms with Gasteiger partial charge in [-0.2, -0.15) is 19.6 Å². The van der Waals surface area contributed by atoms with Crippen LogP contribution in [0, 0.1) is 0 Å². The molecule has 4 aromatic rings. The van der Waals surface area contributed by atoms with Crippen LogP contribution in [0.25, 0.3) is 5.78 Å². The molecule has 0 aromatic carbocycles. The number of hydrogen-bond acceptors (Lipinski definition) is 7. The minimum absolute atomic E-state index is 0.525. The van der Waals surface area contributed by atoms with Crippen molar-refractivity contribution in [3.05, 3.63) is 60.7 Å². The van der Waals surface area contributed by atoms with Gasteiger partial charge in [-0.25, -0.2) is 0 Å². The molecule has 0 spiro atoms. The van der Waals surface area contributed by atoms with E-state index in [1.54, 1.807) is 29.6 Å². The molecule has 0 aliphatic heterocycles. The number of nitrogens with one attached hydrogen (secondary N) is 2. The minimum Gasteiger partial charge on any atom is -0.472 e. The van der Waals surface area contributed by atoms with Crippen molar-refractivity contribution in [1.82, 2.24) is 19.6 Å². The highest BCUT2D eigenvalue weighted by Crippen LogP contribution is 2.16. The van der Waals surface area contributed by atoms with Crippen LogP contribution in [0.1, 0.15) is 11.1 Å². The summed E-state index contributed by atoms with van der Waals surface area (Å²) in [5.74, 6) is 2.03. The number of nitrogens with zero attached hydrogens (tertiary/aromatic N) is 4. The average molecular weight is 310 g/mol. The molecule has 0 aliphatic rings. The summed E-state index contributed by atoms with van der Waals surface area (Å²) in [6.07, 6.45) is 8.16. The molecule has 8 nitrogen and oxygen atoms in total. The predicted octanol–water partition coefficient (Wildman–Crippen LogP) is 2.53. The smallest absolute Gasteiger partial charge is 0.256 e. The van der Waals surface area contributed by atoms with Gasteiger partial charge in [-0.1, -0.05) is 0 Å². The molecule has 23 heavy (non-hydrogen) atoms. The molecule has 2 N–H and O–H groups in total. The van der Waals surface area contributed by atoms with E-state index in [-0.39, 0.29) is 0 Å². The number of furan rings is 2. The monoisotopic (exact) mass is 310 g/mol. The zero-order chi connectivity index (χ0) is 15.5. The van der Waals surface area contributed by atoms with E-state index in [9.17, 15) is 0 Å². The minimum atomic E-state index is 0.525. The number of aromatic nitrogens is 4. The lowest BCUT2D eigenvalue weighted by Gasteiger charge is -2.10. The average Bonchev–Trinajstić information content (AvgIpc) is 3.32. The lowest BCUT2D eigenvalue weighted by molar-refractivity contribution is 0.564. The third-order valence-electron chi connectivity index (χ3n) is 3.36. The Hall–Kier alpha value is -3.29. The van der Waals surface area contributed by atoms with Crippen molar-refractivity contribution in [2.75, 3.05) is 10.6 Å². The molecule has 116 valence electrons. The van der Waals surface area contributed by atoms with Crippen molar-refractivity contribution in [3.63, 3.8) is 0 Å². The second kappa shape index (κ2) is 5.84. The third kappa shape index (κ3) is 2.86. The summed E-state index contributed by atoms with van der Waals surface area (Å²) >= 11 is 0. The summed E-state index contributed by atoms with van der Waals surface area (Å²) in [5, 5.41) is 10.7. The predicted molar refractivity (Wildman–Crippen MR) is 82.9 cm³/mol. The maximum absolute atomic E-state index is 5.07. The van der Waals surface area contributed by atoms with Crippen LogP contribution in [0.3, 0.4) is 0 Å². The molecule has 0 radical (unpaired) electrons. The van der Waals surface area contributed by atoms with Crippen LogP contribution in [-0.4, -0.2) is 19.6 Å². The van der Waals surface area contributed by atoms with Crippen LogP contribution >= 0.6 is 0 Å². The Labute approximate surface area is 131 Å². The summed E-state index contributed by atoms with van der Waals surface area (Å²) in [5.41, 5.74) is 2.09. The standard InChI is InChI=1S/C15H14N6O2/c1-3-22-8-11(1)6-16-13-5-14(17-7-12-2-4-23-9-12)21-15(20-13)18-10-19-21/h1-5,8-10,17H,6-7H2,(H,16,18,19,20). The topological polar surface area (TPSA) is 93.4 Å². The number of hydrogen-bond donors (Lipinski definition) is 2. The van der Waals surface area contributed by atoms with E-state index in [0.29, 0.717) is 24.7 Å². The first-order valence-electron chi connectivity index (χ1n) is 7.09. The Morgan fingerprint density at radius 3 is 2.43 bits per heavy atom. The summed E-state index contributed by atoms with van der Waals surface area (Å²) in [4.78, 5) is 8.58. The van der Waals surface area contributed by atoms with Gasteiger partial charge in [0.1, 0.15) is 18.0 Å². The molecule has 0 saturated carbocycles. The van der Waals surface area contributed by atoms with Crippen LogP contribution in [0.15, 0.2) is 58.4 Å². The highest BCUT2D eigenvalue weighted by Gasteiger charge is 2.08. The Bertz CT molecular complexity index is 882. The molecular formula is C15H14N6O2. The Morgan fingerprint density at radius 2 is 1.74 bits per heavy atom. The van der Waals surface area contributed by atoms with Gasteiger partial charge in [0, 0.05) is 30.3 Å². The molecule has 0 amide bonds. The van der Waals surface area contributed by atoms with Crippen LogP contribution in [0.2, 0.25) is 0 Å². The summed E-state index contributed by atoms with van der Waals surface area (Å²) in [6, 6.07) is 5.70. The van der Waals surface area contributed by atoms with Gasteiger partial charge in [0.15, 0.2) is 0 Å². The maximum atomic E-state index is 5.07. The number of anilines is 2. The van der Waals surface area contributed by atoms with Crippen molar-refractivity contribution in [2.24, 2.45) is 0 Å². The highest BCUT2D eigenvalue weighted by atomic mass is 16.3. The molecule has 0 saturated heterocycles. The zero-order valence-corrected chi connectivity index (χ0v) is 12.1. The molecule has 4 heterocycles. The van der Waals surface area contributed by atoms with Crippen molar-refractivity contribution in [3.8, 4) is 0 Å². The van der Waals surface area contributed by atoms with Crippen molar-refractivity contribution in [2.45, 2.75) is 13.1 Å². The van der Waals surface area contributed by atoms with E-state index < -0.39 is 0 Å². The molecule has 4 aromatic heterocycles. The molecule has 0 atom stereocenters. The zero-order valence-electron chi connectivity index (χ0n) is 12.1. The molecule has 0 unspecified atom stereocenters. The van der Waals surface area contributed by atoms with Crippen LogP contribution in [0.5, 0.6) is 0 Å². The highest BCUT2D eigenvalue weighted by molar-refractivity contribution is 5.54. The van der Waals surface area contributed by atoms with Gasteiger partial charge in [-0.15, -0.1) is 0 Å². The van der Waals surface area contributed by atoms with Crippen LogP contribution in [-0.2, 0) is 13.1 Å². The van der Waals surface area contributed by atoms with E-state index in [0.717, 1.165) is 16.9 Å². The van der Waals surface area contributed by atoms with E-state index in [4.69, 9.17) is 8.83 Å². The van der Waals surface area contributed by atoms with Crippen LogP contribution in [0.4, 0.5) is 11.6 Å². The lowest BCUT2D eigenvalue weighted by Crippen LogP contribution is -2.08. The van der Waals surface area contributed by atoms with E-state index in [1.165, 1.54) is 6.33 Å². The largest absolute Gasteiger partial charge is 0.472 e.